The molecule has 0 aliphatic carbocycles. The first kappa shape index (κ1) is 33.3. The van der Waals surface area contributed by atoms with E-state index in [2.05, 4.69) is 99.0 Å². The van der Waals surface area contributed by atoms with Crippen LogP contribution in [0.4, 0.5) is 0 Å². The van der Waals surface area contributed by atoms with Crippen LogP contribution in [0, 0.1) is 0 Å². The highest BCUT2D eigenvalue weighted by atomic mass is 14.8. The Balaban J connectivity index is 2.65. The first-order valence-corrected chi connectivity index (χ1v) is 16.2. The van der Waals surface area contributed by atoms with E-state index in [-0.39, 0.29) is 0 Å². The lowest BCUT2D eigenvalue weighted by Crippen LogP contribution is -2.01. The quantitative estimate of drug-likeness (QED) is 0.0528. The highest BCUT2D eigenvalue weighted by Crippen LogP contribution is 2.34. The molecule has 2 aromatic carbocycles. The van der Waals surface area contributed by atoms with Gasteiger partial charge in [-0.1, -0.05) is 134 Å². The third kappa shape index (κ3) is 12.1. The maximum Gasteiger partial charge on any atom is 0.307 e. The van der Waals surface area contributed by atoms with Gasteiger partial charge in [0.15, 0.2) is 0 Å². The molecule has 0 saturated heterocycles. The van der Waals surface area contributed by atoms with Gasteiger partial charge in [0, 0.05) is 0 Å². The van der Waals surface area contributed by atoms with Crippen LogP contribution in [0.2, 0.25) is 0 Å². The maximum absolute atomic E-state index is 9.68. The molecule has 0 aliphatic rings. The van der Waals surface area contributed by atoms with Gasteiger partial charge in [-0.05, 0) is 90.8 Å². The topological polar surface area (TPSA) is 36.4 Å². The van der Waals surface area contributed by atoms with Crippen molar-refractivity contribution in [2.45, 2.75) is 130 Å². The van der Waals surface area contributed by atoms with Gasteiger partial charge >= 0.3 is 5.87 Å². The SMILES string of the molecule is CCCCCCCC=CC(=C=[N+]=[N-])C(CCCC)=C(c1cccc(CCCC)c1)c1cccc(CCCCC)c1. The highest BCUT2D eigenvalue weighted by molar-refractivity contribution is 5.88. The fourth-order valence-electron chi connectivity index (χ4n) is 5.31. The van der Waals surface area contributed by atoms with Crippen molar-refractivity contribution >= 4 is 11.4 Å². The summed E-state index contributed by atoms with van der Waals surface area (Å²) >= 11 is 0. The minimum atomic E-state index is 0.898. The highest BCUT2D eigenvalue weighted by Gasteiger charge is 2.17. The van der Waals surface area contributed by atoms with Gasteiger partial charge in [-0.15, -0.1) is 4.79 Å². The number of benzene rings is 2. The molecule has 0 spiro atoms. The maximum atomic E-state index is 9.68. The van der Waals surface area contributed by atoms with Crippen LogP contribution in [0.15, 0.2) is 71.8 Å². The molecule has 0 bridgehead atoms. The number of aryl methyl sites for hydroxylation is 2. The van der Waals surface area contributed by atoms with Gasteiger partial charge in [0.05, 0.1) is 0 Å². The number of hydrogen-bond acceptors (Lipinski definition) is 0. The van der Waals surface area contributed by atoms with Crippen molar-refractivity contribution in [2.24, 2.45) is 0 Å². The van der Waals surface area contributed by atoms with Crippen molar-refractivity contribution in [2.75, 3.05) is 0 Å². The van der Waals surface area contributed by atoms with Crippen molar-refractivity contribution in [3.8, 4) is 0 Å². The lowest BCUT2D eigenvalue weighted by atomic mass is 9.85. The molecule has 0 atom stereocenters. The third-order valence-electron chi connectivity index (χ3n) is 7.66. The second-order valence-electron chi connectivity index (χ2n) is 11.1. The first-order valence-electron chi connectivity index (χ1n) is 16.2. The first-order chi connectivity index (χ1) is 19.7. The van der Waals surface area contributed by atoms with E-state index in [1.54, 1.807) is 0 Å². The number of hydrogen-bond donors (Lipinski definition) is 0. The summed E-state index contributed by atoms with van der Waals surface area (Å²) in [5, 5.41) is 0. The van der Waals surface area contributed by atoms with Crippen LogP contribution in [0.3, 0.4) is 0 Å². The zero-order valence-corrected chi connectivity index (χ0v) is 26.0. The zero-order chi connectivity index (χ0) is 28.8. The summed E-state index contributed by atoms with van der Waals surface area (Å²) in [4.78, 5) is 3.43. The van der Waals surface area contributed by atoms with E-state index in [1.165, 1.54) is 97.6 Å². The number of rotatable bonds is 20. The predicted octanol–water partition coefficient (Wildman–Crippen LogP) is 11.5. The molecule has 216 valence electrons. The van der Waals surface area contributed by atoms with Gasteiger partial charge in [0.2, 0.25) is 0 Å². The molecular formula is C38H54N2. The summed E-state index contributed by atoms with van der Waals surface area (Å²) in [5.41, 5.74) is 18.3. The van der Waals surface area contributed by atoms with Gasteiger partial charge in [-0.25, -0.2) is 0 Å². The molecule has 2 nitrogen and oxygen atoms in total. The Kier molecular flexibility index (Phi) is 17.4. The molecule has 0 radical (unpaired) electrons. The molecule has 0 heterocycles. The van der Waals surface area contributed by atoms with Gasteiger partial charge in [-0.2, -0.15) is 0 Å². The summed E-state index contributed by atoms with van der Waals surface area (Å²) < 4.78 is 0. The summed E-state index contributed by atoms with van der Waals surface area (Å²) in [6, 6.07) is 18.2. The monoisotopic (exact) mass is 538 g/mol. The zero-order valence-electron chi connectivity index (χ0n) is 26.0. The van der Waals surface area contributed by atoms with Gasteiger partial charge in [0.25, 0.3) is 0 Å². The molecule has 0 aromatic heterocycles. The summed E-state index contributed by atoms with van der Waals surface area (Å²) in [6.45, 7) is 9.02. The molecule has 0 fully saturated rings. The molecule has 2 heteroatoms. The van der Waals surface area contributed by atoms with Crippen LogP contribution in [-0.2, 0) is 12.8 Å². The molecule has 0 N–H and O–H groups in total. The predicted molar refractivity (Wildman–Crippen MR) is 175 cm³/mol. The molecule has 40 heavy (non-hydrogen) atoms. The van der Waals surface area contributed by atoms with E-state index in [1.807, 2.05) is 0 Å². The summed E-state index contributed by atoms with van der Waals surface area (Å²) in [6.07, 6.45) is 23.2. The van der Waals surface area contributed by atoms with Crippen LogP contribution in [0.1, 0.15) is 140 Å². The van der Waals surface area contributed by atoms with Crippen molar-refractivity contribution in [3.63, 3.8) is 0 Å². The van der Waals surface area contributed by atoms with Crippen LogP contribution in [-0.4, -0.2) is 10.7 Å². The Morgan fingerprint density at radius 3 is 1.88 bits per heavy atom. The van der Waals surface area contributed by atoms with Crippen LogP contribution < -0.4 is 0 Å². The average molecular weight is 539 g/mol. The van der Waals surface area contributed by atoms with Crippen LogP contribution in [0.5, 0.6) is 0 Å². The lowest BCUT2D eigenvalue weighted by Gasteiger charge is -2.18. The lowest BCUT2D eigenvalue weighted by molar-refractivity contribution is 0.00766. The number of nitrogens with zero attached hydrogens (tertiary/aromatic N) is 2. The standard InChI is InChI=1S/C38H54N2/c1-5-9-13-14-15-16-18-25-36(31-40-39)37(28-12-8-4)38(34-26-19-23-32(29-34)21-11-7-3)35-27-20-24-33(30-35)22-17-10-6-2/h18-20,23-27,29-30H,5-17,21-22,28H2,1-4H3. The second-order valence-corrected chi connectivity index (χ2v) is 11.1. The van der Waals surface area contributed by atoms with Gasteiger partial charge in [0.1, 0.15) is 5.57 Å². The molecular weight excluding hydrogens is 484 g/mol. The molecule has 0 saturated carbocycles. The van der Waals surface area contributed by atoms with Crippen molar-refractivity contribution in [1.29, 1.82) is 0 Å². The fourth-order valence-corrected chi connectivity index (χ4v) is 5.31. The minimum Gasteiger partial charge on any atom is -0.348 e. The van der Waals surface area contributed by atoms with E-state index >= 15 is 0 Å². The molecule has 2 rings (SSSR count). The largest absolute Gasteiger partial charge is 0.348 e. The van der Waals surface area contributed by atoms with E-state index in [4.69, 9.17) is 0 Å². The average Bonchev–Trinajstić information content (AvgIpc) is 2.97. The molecule has 2 aromatic rings. The molecule has 0 unspecified atom stereocenters. The van der Waals surface area contributed by atoms with Crippen molar-refractivity contribution in [1.82, 2.24) is 0 Å². The van der Waals surface area contributed by atoms with E-state index < -0.39 is 0 Å². The second kappa shape index (κ2) is 20.9. The molecule has 0 aliphatic heterocycles. The van der Waals surface area contributed by atoms with E-state index in [0.717, 1.165) is 44.1 Å². The summed E-state index contributed by atoms with van der Waals surface area (Å²) in [7, 11) is 0. The smallest absolute Gasteiger partial charge is 0.307 e. The van der Waals surface area contributed by atoms with E-state index in [9.17, 15) is 5.53 Å². The van der Waals surface area contributed by atoms with Crippen molar-refractivity contribution < 1.29 is 4.79 Å². The fraction of sp³-hybridized carbons (Fsp3) is 0.526. The van der Waals surface area contributed by atoms with Crippen LogP contribution in [0.25, 0.3) is 11.1 Å². The number of allylic oxidation sites excluding steroid dienone is 4. The van der Waals surface area contributed by atoms with Gasteiger partial charge < -0.3 is 5.53 Å². The Morgan fingerprint density at radius 2 is 1.27 bits per heavy atom. The number of unbranched alkanes of at least 4 members (excludes halogenated alkanes) is 9. The normalized spacial score (nSPS) is 11.8. The molecule has 0 amide bonds. The van der Waals surface area contributed by atoms with Gasteiger partial charge in [-0.3, -0.25) is 0 Å². The Labute approximate surface area is 245 Å². The van der Waals surface area contributed by atoms with E-state index in [0.29, 0.717) is 0 Å². The Hall–Kier alpha value is -2.92. The minimum absolute atomic E-state index is 0.898. The summed E-state index contributed by atoms with van der Waals surface area (Å²) in [5.74, 6) is 2.98. The Morgan fingerprint density at radius 1 is 0.700 bits per heavy atom. The van der Waals surface area contributed by atoms with Crippen LogP contribution >= 0.6 is 0 Å². The Bertz CT molecular complexity index is 1140. The third-order valence-corrected chi connectivity index (χ3v) is 7.66. The van der Waals surface area contributed by atoms with Crippen molar-refractivity contribution in [3.05, 3.63) is 99.6 Å².